The van der Waals surface area contributed by atoms with E-state index in [0.717, 1.165) is 37.9 Å². The predicted molar refractivity (Wildman–Crippen MR) is 114 cm³/mol. The summed E-state index contributed by atoms with van der Waals surface area (Å²) in [5, 5.41) is 14.7. The van der Waals surface area contributed by atoms with E-state index in [9.17, 15) is 24.4 Å². The summed E-state index contributed by atoms with van der Waals surface area (Å²) in [4.78, 5) is 52.0. The molecular weight excluding hydrogens is 400 g/mol. The van der Waals surface area contributed by atoms with Crippen LogP contribution in [-0.2, 0) is 9.59 Å². The van der Waals surface area contributed by atoms with Crippen molar-refractivity contribution in [2.75, 3.05) is 19.6 Å². The number of pyridine rings is 1. The lowest BCUT2D eigenvalue weighted by Gasteiger charge is -2.27. The average Bonchev–Trinajstić information content (AvgIpc) is 2.77. The van der Waals surface area contributed by atoms with Gasteiger partial charge in [-0.2, -0.15) is 0 Å². The Morgan fingerprint density at radius 2 is 1.94 bits per heavy atom. The van der Waals surface area contributed by atoms with Crippen LogP contribution in [0.2, 0.25) is 0 Å². The Morgan fingerprint density at radius 1 is 1.16 bits per heavy atom. The molecule has 3 rings (SSSR count). The minimum absolute atomic E-state index is 0.0128. The third-order valence-corrected chi connectivity index (χ3v) is 5.14. The number of hydrogen-bond acceptors (Lipinski definition) is 6. The van der Waals surface area contributed by atoms with Crippen molar-refractivity contribution < 1.29 is 19.5 Å². The normalized spacial score (nSPS) is 20.8. The number of aromatic hydroxyl groups is 1. The maximum atomic E-state index is 13.0. The molecule has 162 valence electrons. The quantitative estimate of drug-likeness (QED) is 0.552. The van der Waals surface area contributed by atoms with Gasteiger partial charge < -0.3 is 15.3 Å². The Kier molecular flexibility index (Phi) is 7.42. The van der Waals surface area contributed by atoms with Crippen LogP contribution >= 0.6 is 0 Å². The van der Waals surface area contributed by atoms with Crippen LogP contribution in [0.3, 0.4) is 0 Å². The molecule has 1 fully saturated rings. The van der Waals surface area contributed by atoms with Crippen molar-refractivity contribution in [3.8, 4) is 5.75 Å². The van der Waals surface area contributed by atoms with Crippen LogP contribution in [0.1, 0.15) is 48.2 Å². The van der Waals surface area contributed by atoms with Crippen LogP contribution in [0.25, 0.3) is 5.57 Å². The number of nitrogens with zero attached hydrogens (tertiary/aromatic N) is 3. The van der Waals surface area contributed by atoms with Crippen molar-refractivity contribution >= 4 is 23.3 Å². The smallest absolute Gasteiger partial charge is 0.305 e. The first-order chi connectivity index (χ1) is 15.0. The number of hydrogen-bond donors (Lipinski definition) is 2. The monoisotopic (exact) mass is 424 g/mol. The number of nitrogens with one attached hydrogen (secondary N) is 1. The van der Waals surface area contributed by atoms with Gasteiger partial charge in [-0.15, -0.1) is 4.91 Å². The zero-order valence-electron chi connectivity index (χ0n) is 17.0. The van der Waals surface area contributed by atoms with E-state index in [2.05, 4.69) is 15.5 Å². The standard InChI is InChI=1S/C22H24N4O5/c27-18-12-17(13-23-20(18)21(29)24-14-19(28)25-31)15-7-3-1-4-8-16(11-15)22(30)26-9-5-2-6-10-26/h1,4,7,11-13,27H,2-3,5-6,8-10,14H2,(H,24,29)/b4-1-,15-7+,16-11+. The van der Waals surface area contributed by atoms with Crippen LogP contribution in [0.15, 0.2) is 47.3 Å². The van der Waals surface area contributed by atoms with Crippen molar-refractivity contribution in [1.29, 1.82) is 0 Å². The van der Waals surface area contributed by atoms with E-state index in [-0.39, 0.29) is 17.4 Å². The Balaban J connectivity index is 1.82. The number of rotatable bonds is 5. The number of allylic oxidation sites excluding steroid dienone is 5. The number of aromatic nitrogens is 1. The molecular formula is C22H24N4O5. The molecule has 0 radical (unpaired) electrons. The summed E-state index contributed by atoms with van der Waals surface area (Å²) in [5.41, 5.74) is 1.66. The number of nitroso groups, excluding NO2 is 1. The molecule has 9 nitrogen and oxygen atoms in total. The molecule has 1 aliphatic heterocycles. The lowest BCUT2D eigenvalue weighted by atomic mass is 9.97. The Labute approximate surface area is 179 Å². The molecule has 0 spiro atoms. The van der Waals surface area contributed by atoms with Gasteiger partial charge >= 0.3 is 5.91 Å². The zero-order valence-corrected chi connectivity index (χ0v) is 17.0. The van der Waals surface area contributed by atoms with Gasteiger partial charge in [-0.25, -0.2) is 4.98 Å². The summed E-state index contributed by atoms with van der Waals surface area (Å²) >= 11 is 0. The molecule has 31 heavy (non-hydrogen) atoms. The van der Waals surface area contributed by atoms with E-state index in [0.29, 0.717) is 24.0 Å². The van der Waals surface area contributed by atoms with Gasteiger partial charge in [0, 0.05) is 35.6 Å². The minimum atomic E-state index is -1.03. The molecule has 2 heterocycles. The first-order valence-corrected chi connectivity index (χ1v) is 10.2. The lowest BCUT2D eigenvalue weighted by Crippen LogP contribution is -2.36. The molecule has 0 unspecified atom stereocenters. The molecule has 1 aromatic rings. The highest BCUT2D eigenvalue weighted by Gasteiger charge is 2.21. The van der Waals surface area contributed by atoms with Crippen molar-refractivity contribution in [3.63, 3.8) is 0 Å². The summed E-state index contributed by atoms with van der Waals surface area (Å²) in [6.45, 7) is 0.938. The SMILES string of the molecule is O=NC(=O)CNC(=O)c1ncc(C2=C/C/C=C\C/C(C(=O)N3CCCCC3)=C\2)cc1O. The van der Waals surface area contributed by atoms with Gasteiger partial charge in [0.25, 0.3) is 5.91 Å². The highest BCUT2D eigenvalue weighted by molar-refractivity contribution is 5.99. The number of piperidine rings is 1. The van der Waals surface area contributed by atoms with Crippen LogP contribution < -0.4 is 5.32 Å². The van der Waals surface area contributed by atoms with E-state index in [4.69, 9.17) is 0 Å². The molecule has 1 aromatic heterocycles. The van der Waals surface area contributed by atoms with Crippen LogP contribution in [-0.4, -0.2) is 52.3 Å². The van der Waals surface area contributed by atoms with E-state index < -0.39 is 18.4 Å². The van der Waals surface area contributed by atoms with E-state index in [1.54, 1.807) is 0 Å². The maximum absolute atomic E-state index is 13.0. The second-order valence-corrected chi connectivity index (χ2v) is 7.35. The second-order valence-electron chi connectivity index (χ2n) is 7.35. The van der Waals surface area contributed by atoms with Gasteiger partial charge in [0.1, 0.15) is 12.3 Å². The first-order valence-electron chi connectivity index (χ1n) is 10.2. The average molecular weight is 424 g/mol. The largest absolute Gasteiger partial charge is 0.505 e. The summed E-state index contributed by atoms with van der Waals surface area (Å²) in [5.74, 6) is -2.20. The van der Waals surface area contributed by atoms with Crippen molar-refractivity contribution in [3.05, 3.63) is 58.3 Å². The Hall–Kier alpha value is -3.62. The van der Waals surface area contributed by atoms with E-state index in [1.165, 1.54) is 12.3 Å². The molecule has 0 aromatic carbocycles. The highest BCUT2D eigenvalue weighted by atomic mass is 16.3. The number of likely N-dealkylation sites (tertiary alicyclic amines) is 1. The molecule has 0 saturated carbocycles. The molecule has 0 atom stereocenters. The van der Waals surface area contributed by atoms with Gasteiger partial charge in [0.05, 0.1) is 0 Å². The van der Waals surface area contributed by atoms with E-state index in [1.807, 2.05) is 29.2 Å². The summed E-state index contributed by atoms with van der Waals surface area (Å²) in [7, 11) is 0. The maximum Gasteiger partial charge on any atom is 0.305 e. The van der Waals surface area contributed by atoms with E-state index >= 15 is 0 Å². The first kappa shape index (κ1) is 22.1. The number of amides is 3. The third kappa shape index (κ3) is 5.71. The van der Waals surface area contributed by atoms with Crippen molar-refractivity contribution in [2.24, 2.45) is 5.18 Å². The summed E-state index contributed by atoms with van der Waals surface area (Å²) in [6, 6.07) is 1.39. The third-order valence-electron chi connectivity index (χ3n) is 5.14. The topological polar surface area (TPSA) is 129 Å². The molecule has 9 heteroatoms. The minimum Gasteiger partial charge on any atom is -0.505 e. The molecule has 2 N–H and O–H groups in total. The number of carbonyl (C=O) groups is 3. The van der Waals surface area contributed by atoms with Gasteiger partial charge in [0.15, 0.2) is 5.69 Å². The Bertz CT molecular complexity index is 974. The molecule has 3 amide bonds. The molecule has 1 saturated heterocycles. The van der Waals surface area contributed by atoms with Gasteiger partial charge in [-0.1, -0.05) is 18.2 Å². The van der Waals surface area contributed by atoms with Gasteiger partial charge in [-0.05, 0) is 49.8 Å². The van der Waals surface area contributed by atoms with Crippen LogP contribution in [0.4, 0.5) is 0 Å². The summed E-state index contributed by atoms with van der Waals surface area (Å²) in [6.07, 6.45) is 13.4. The molecule has 1 aliphatic carbocycles. The number of carbonyl (C=O) groups excluding carboxylic acids is 3. The summed E-state index contributed by atoms with van der Waals surface area (Å²) < 4.78 is 0. The van der Waals surface area contributed by atoms with Crippen LogP contribution in [0.5, 0.6) is 5.75 Å². The van der Waals surface area contributed by atoms with Crippen molar-refractivity contribution in [1.82, 2.24) is 15.2 Å². The van der Waals surface area contributed by atoms with Crippen molar-refractivity contribution in [2.45, 2.75) is 32.1 Å². The fourth-order valence-electron chi connectivity index (χ4n) is 3.52. The van der Waals surface area contributed by atoms with Crippen LogP contribution in [0, 0.1) is 4.91 Å². The van der Waals surface area contributed by atoms with Gasteiger partial charge in [0.2, 0.25) is 5.91 Å². The van der Waals surface area contributed by atoms with Gasteiger partial charge in [-0.3, -0.25) is 14.4 Å². The lowest BCUT2D eigenvalue weighted by molar-refractivity contribution is -0.128. The zero-order chi connectivity index (χ0) is 22.2. The molecule has 2 aliphatic rings. The fraction of sp³-hybridized carbons (Fsp3) is 0.364. The fourth-order valence-corrected chi connectivity index (χ4v) is 3.52. The highest BCUT2D eigenvalue weighted by Crippen LogP contribution is 2.27. The predicted octanol–water partition coefficient (Wildman–Crippen LogP) is 2.48. The Morgan fingerprint density at radius 3 is 2.65 bits per heavy atom. The molecule has 0 bridgehead atoms. The second kappa shape index (κ2) is 10.4.